The number of allylic oxidation sites excluding steroid dienone is 1. The first-order chi connectivity index (χ1) is 12.6. The minimum Gasteiger partial charge on any atom is -0.322 e. The molecule has 1 heterocycles. The second-order valence-corrected chi connectivity index (χ2v) is 6.84. The zero-order chi connectivity index (χ0) is 18.4. The van der Waals surface area contributed by atoms with Crippen LogP contribution in [0.2, 0.25) is 0 Å². The molecule has 0 spiro atoms. The quantitative estimate of drug-likeness (QED) is 0.396. The van der Waals surface area contributed by atoms with Gasteiger partial charge < -0.3 is 4.57 Å². The van der Waals surface area contributed by atoms with E-state index in [1.165, 1.54) is 18.0 Å². The van der Waals surface area contributed by atoms with E-state index in [1.54, 1.807) is 6.08 Å². The van der Waals surface area contributed by atoms with Crippen LogP contribution in [-0.2, 0) is 11.8 Å². The van der Waals surface area contributed by atoms with Crippen molar-refractivity contribution in [1.29, 1.82) is 0 Å². The summed E-state index contributed by atoms with van der Waals surface area (Å²) in [4.78, 5) is 16.5. The lowest BCUT2D eigenvalue weighted by atomic mass is 10.2. The van der Waals surface area contributed by atoms with Crippen molar-refractivity contribution in [3.8, 4) is 0 Å². The van der Waals surface area contributed by atoms with Gasteiger partial charge in [-0.3, -0.25) is 4.79 Å². The zero-order valence-corrected chi connectivity index (χ0v) is 15.7. The van der Waals surface area contributed by atoms with Crippen molar-refractivity contribution < 1.29 is 4.79 Å². The predicted octanol–water partition coefficient (Wildman–Crippen LogP) is 4.05. The van der Waals surface area contributed by atoms with Crippen molar-refractivity contribution >= 4 is 52.6 Å². The molecule has 2 aromatic carbocycles. The molecule has 0 saturated carbocycles. The molecule has 0 saturated heterocycles. The molecule has 5 nitrogen and oxygen atoms in total. The summed E-state index contributed by atoms with van der Waals surface area (Å²) < 4.78 is 1.97. The largest absolute Gasteiger partial charge is 0.322 e. The Morgan fingerprint density at radius 1 is 1.23 bits per heavy atom. The number of carbonyl (C=O) groups excluding carboxylic acids is 1. The maximum Gasteiger partial charge on any atom is 0.250 e. The van der Waals surface area contributed by atoms with Crippen molar-refractivity contribution in [2.75, 3.05) is 5.75 Å². The molecule has 0 unspecified atom stereocenters. The van der Waals surface area contributed by atoms with Crippen molar-refractivity contribution in [2.24, 2.45) is 12.1 Å². The van der Waals surface area contributed by atoms with Crippen LogP contribution in [0, 0.1) is 0 Å². The number of thioether (sulfide) groups is 1. The molecule has 3 rings (SSSR count). The van der Waals surface area contributed by atoms with Gasteiger partial charge in [0.25, 0.3) is 5.91 Å². The van der Waals surface area contributed by atoms with E-state index in [0.29, 0.717) is 5.03 Å². The zero-order valence-electron chi connectivity index (χ0n) is 14.1. The number of nitrogens with zero attached hydrogens (tertiary/aromatic N) is 3. The molecule has 1 N–H and O–H groups in total. The fourth-order valence-corrected chi connectivity index (χ4v) is 3.28. The highest BCUT2D eigenvalue weighted by atomic mass is 35.5. The number of hydrogen-bond acceptors (Lipinski definition) is 4. The number of rotatable bonds is 6. The Morgan fingerprint density at radius 2 is 1.96 bits per heavy atom. The van der Waals surface area contributed by atoms with Crippen LogP contribution in [0.1, 0.15) is 5.56 Å². The summed E-state index contributed by atoms with van der Waals surface area (Å²) in [6.07, 6.45) is 3.18. The summed E-state index contributed by atoms with van der Waals surface area (Å²) in [5.74, 6) is -0.00314. The van der Waals surface area contributed by atoms with E-state index in [0.717, 1.165) is 21.8 Å². The highest BCUT2D eigenvalue weighted by molar-refractivity contribution is 7.99. The van der Waals surface area contributed by atoms with Gasteiger partial charge in [-0.15, -0.1) is 0 Å². The predicted molar refractivity (Wildman–Crippen MR) is 108 cm³/mol. The lowest BCUT2D eigenvalue weighted by molar-refractivity contribution is -0.118. The second kappa shape index (κ2) is 8.69. The molecule has 0 atom stereocenters. The van der Waals surface area contributed by atoms with Gasteiger partial charge in [-0.1, -0.05) is 65.8 Å². The van der Waals surface area contributed by atoms with Gasteiger partial charge in [-0.05, 0) is 23.8 Å². The summed E-state index contributed by atoms with van der Waals surface area (Å²) in [6, 6.07) is 17.5. The van der Waals surface area contributed by atoms with Crippen molar-refractivity contribution in [3.63, 3.8) is 0 Å². The normalized spacial score (nSPS) is 12.0. The van der Waals surface area contributed by atoms with Gasteiger partial charge in [0.15, 0.2) is 5.16 Å². The third-order valence-electron chi connectivity index (χ3n) is 3.56. The fraction of sp³-hybridized carbons (Fsp3) is 0.105. The lowest BCUT2D eigenvalue weighted by Gasteiger charge is -2.01. The first-order valence-corrected chi connectivity index (χ1v) is 9.28. The molecule has 0 fully saturated rings. The Labute approximate surface area is 160 Å². The minimum atomic E-state index is -0.220. The van der Waals surface area contributed by atoms with Crippen LogP contribution < -0.4 is 5.43 Å². The first-order valence-electron chi connectivity index (χ1n) is 7.92. The molecule has 0 aliphatic rings. The molecular weight excluding hydrogens is 368 g/mol. The topological polar surface area (TPSA) is 59.3 Å². The highest BCUT2D eigenvalue weighted by Gasteiger charge is 2.09. The molecule has 26 heavy (non-hydrogen) atoms. The number of hydrazone groups is 1. The Kier molecular flexibility index (Phi) is 6.09. The summed E-state index contributed by atoms with van der Waals surface area (Å²) in [5.41, 5.74) is 5.38. The van der Waals surface area contributed by atoms with E-state index < -0.39 is 0 Å². The number of benzene rings is 2. The maximum absolute atomic E-state index is 11.9. The van der Waals surface area contributed by atoms with Crippen molar-refractivity contribution in [1.82, 2.24) is 15.0 Å². The SMILES string of the molecule is Cn1c(SCC(=O)NN=CC(Cl)=Cc2ccccc2)nc2ccccc21. The minimum absolute atomic E-state index is 0.217. The molecule has 0 aliphatic heterocycles. The Balaban J connectivity index is 1.52. The summed E-state index contributed by atoms with van der Waals surface area (Å²) in [5, 5.41) is 5.09. The molecule has 1 amide bonds. The van der Waals surface area contributed by atoms with Crippen LogP contribution in [-0.4, -0.2) is 27.4 Å². The summed E-state index contributed by atoms with van der Waals surface area (Å²) >= 11 is 7.44. The van der Waals surface area contributed by atoms with E-state index >= 15 is 0 Å². The van der Waals surface area contributed by atoms with E-state index in [1.807, 2.05) is 66.2 Å². The van der Waals surface area contributed by atoms with E-state index in [-0.39, 0.29) is 11.7 Å². The van der Waals surface area contributed by atoms with Gasteiger partial charge in [0.05, 0.1) is 28.0 Å². The Bertz CT molecular complexity index is 966. The van der Waals surface area contributed by atoms with E-state index in [2.05, 4.69) is 15.5 Å². The molecule has 3 aromatic rings. The number of imidazole rings is 1. The smallest absolute Gasteiger partial charge is 0.250 e. The first kappa shape index (κ1) is 18.2. The molecule has 0 bridgehead atoms. The molecule has 132 valence electrons. The van der Waals surface area contributed by atoms with Gasteiger partial charge in [-0.25, -0.2) is 10.4 Å². The molecule has 1 aromatic heterocycles. The molecule has 7 heteroatoms. The second-order valence-electron chi connectivity index (χ2n) is 5.46. The molecule has 0 radical (unpaired) electrons. The number of amides is 1. The van der Waals surface area contributed by atoms with Crippen molar-refractivity contribution in [3.05, 3.63) is 65.2 Å². The van der Waals surface area contributed by atoms with Crippen LogP contribution in [0.15, 0.2) is 69.9 Å². The van der Waals surface area contributed by atoms with Crippen LogP contribution in [0.5, 0.6) is 0 Å². The van der Waals surface area contributed by atoms with Crippen LogP contribution >= 0.6 is 23.4 Å². The van der Waals surface area contributed by atoms with E-state index in [9.17, 15) is 4.79 Å². The van der Waals surface area contributed by atoms with E-state index in [4.69, 9.17) is 11.6 Å². The summed E-state index contributed by atoms with van der Waals surface area (Å²) in [7, 11) is 1.93. The number of aromatic nitrogens is 2. The number of para-hydroxylation sites is 2. The monoisotopic (exact) mass is 384 g/mol. The average molecular weight is 385 g/mol. The number of hydrogen-bond donors (Lipinski definition) is 1. The van der Waals surface area contributed by atoms with Gasteiger partial charge >= 0.3 is 0 Å². The Hall–Kier alpha value is -2.57. The number of fused-ring (bicyclic) bond motifs is 1. The number of nitrogens with one attached hydrogen (secondary N) is 1. The summed E-state index contributed by atoms with van der Waals surface area (Å²) in [6.45, 7) is 0. The van der Waals surface area contributed by atoms with Crippen LogP contribution in [0.25, 0.3) is 17.1 Å². The van der Waals surface area contributed by atoms with Crippen LogP contribution in [0.4, 0.5) is 0 Å². The Morgan fingerprint density at radius 3 is 2.73 bits per heavy atom. The molecular formula is C19H17ClN4OS. The maximum atomic E-state index is 11.9. The average Bonchev–Trinajstić information content (AvgIpc) is 2.97. The fourth-order valence-electron chi connectivity index (χ4n) is 2.33. The number of carbonyl (C=O) groups is 1. The standard InChI is InChI=1S/C19H17ClN4OS/c1-24-17-10-6-5-9-16(17)22-19(24)26-13-18(25)23-21-12-15(20)11-14-7-3-2-4-8-14/h2-12H,13H2,1H3,(H,23,25). The highest BCUT2D eigenvalue weighted by Crippen LogP contribution is 2.22. The van der Waals surface area contributed by atoms with Gasteiger partial charge in [0.2, 0.25) is 0 Å². The third-order valence-corrected chi connectivity index (χ3v) is 4.80. The van der Waals surface area contributed by atoms with Gasteiger partial charge in [-0.2, -0.15) is 5.10 Å². The number of halogens is 1. The van der Waals surface area contributed by atoms with Gasteiger partial charge in [0.1, 0.15) is 0 Å². The van der Waals surface area contributed by atoms with Crippen molar-refractivity contribution in [2.45, 2.75) is 5.16 Å². The number of aryl methyl sites for hydroxylation is 1. The van der Waals surface area contributed by atoms with Crippen LogP contribution in [0.3, 0.4) is 0 Å². The van der Waals surface area contributed by atoms with Gasteiger partial charge in [0, 0.05) is 7.05 Å². The lowest BCUT2D eigenvalue weighted by Crippen LogP contribution is -2.19. The molecule has 0 aliphatic carbocycles. The third kappa shape index (κ3) is 4.74.